The van der Waals surface area contributed by atoms with Crippen LogP contribution in [0.25, 0.3) is 0 Å². The summed E-state index contributed by atoms with van der Waals surface area (Å²) in [7, 11) is 0. The molecule has 0 unspecified atom stereocenters. The van der Waals surface area contributed by atoms with Gasteiger partial charge in [-0.15, -0.1) is 0 Å². The number of carboxylic acids is 2. The van der Waals surface area contributed by atoms with E-state index in [0.717, 1.165) is 18.2 Å². The summed E-state index contributed by atoms with van der Waals surface area (Å²) in [6, 6.07) is 3.19. The van der Waals surface area contributed by atoms with E-state index in [1.54, 1.807) is 0 Å². The van der Waals surface area contributed by atoms with E-state index in [-0.39, 0.29) is 16.9 Å². The van der Waals surface area contributed by atoms with Crippen LogP contribution < -0.4 is 4.74 Å². The van der Waals surface area contributed by atoms with E-state index < -0.39 is 23.5 Å². The van der Waals surface area contributed by atoms with Crippen molar-refractivity contribution in [1.29, 1.82) is 0 Å². The Hall–Kier alpha value is -2.63. The van der Waals surface area contributed by atoms with E-state index >= 15 is 0 Å². The molecule has 0 aliphatic rings. The van der Waals surface area contributed by atoms with Gasteiger partial charge in [-0.1, -0.05) is 6.58 Å². The summed E-state index contributed by atoms with van der Waals surface area (Å²) in [5.74, 6) is -3.65. The molecular formula is C12H10O6. The predicted octanol–water partition coefficient (Wildman–Crippen LogP) is 1.56. The van der Waals surface area contributed by atoms with Crippen LogP contribution >= 0.6 is 0 Å². The van der Waals surface area contributed by atoms with Crippen molar-refractivity contribution in [2.45, 2.75) is 6.92 Å². The van der Waals surface area contributed by atoms with Crippen molar-refractivity contribution in [3.63, 3.8) is 0 Å². The fourth-order valence-corrected chi connectivity index (χ4v) is 1.11. The third-order valence-electron chi connectivity index (χ3n) is 2.01. The fourth-order valence-electron chi connectivity index (χ4n) is 1.11. The molecule has 1 aromatic rings. The lowest BCUT2D eigenvalue weighted by Gasteiger charge is -2.07. The summed E-state index contributed by atoms with van der Waals surface area (Å²) in [4.78, 5) is 32.9. The van der Waals surface area contributed by atoms with Crippen molar-refractivity contribution in [3.05, 3.63) is 41.5 Å². The van der Waals surface area contributed by atoms with Gasteiger partial charge in [-0.25, -0.2) is 14.4 Å². The zero-order chi connectivity index (χ0) is 13.9. The molecule has 0 aromatic heterocycles. The van der Waals surface area contributed by atoms with Gasteiger partial charge in [-0.05, 0) is 25.1 Å². The summed E-state index contributed by atoms with van der Waals surface area (Å²) >= 11 is 0. The Labute approximate surface area is 102 Å². The molecule has 0 aliphatic carbocycles. The highest BCUT2D eigenvalue weighted by Gasteiger charge is 2.17. The van der Waals surface area contributed by atoms with Crippen LogP contribution in [0.15, 0.2) is 30.4 Å². The maximum Gasteiger partial charge on any atom is 0.339 e. The quantitative estimate of drug-likeness (QED) is 0.477. The first kappa shape index (κ1) is 13.4. The van der Waals surface area contributed by atoms with E-state index in [1.165, 1.54) is 6.92 Å². The molecule has 0 saturated heterocycles. The number of esters is 1. The molecular weight excluding hydrogens is 240 g/mol. The third kappa shape index (κ3) is 2.94. The first-order chi connectivity index (χ1) is 8.32. The smallest absolute Gasteiger partial charge is 0.339 e. The summed E-state index contributed by atoms with van der Waals surface area (Å²) in [6.07, 6.45) is 0. The van der Waals surface area contributed by atoms with Crippen LogP contribution in [0, 0.1) is 0 Å². The first-order valence-corrected chi connectivity index (χ1v) is 4.81. The zero-order valence-electron chi connectivity index (χ0n) is 9.47. The lowest BCUT2D eigenvalue weighted by Crippen LogP contribution is -2.12. The van der Waals surface area contributed by atoms with E-state index in [9.17, 15) is 14.4 Å². The first-order valence-electron chi connectivity index (χ1n) is 4.81. The molecule has 0 aliphatic heterocycles. The maximum atomic E-state index is 11.3. The molecule has 0 fully saturated rings. The second-order valence-electron chi connectivity index (χ2n) is 3.49. The molecule has 0 amide bonds. The normalized spacial score (nSPS) is 9.61. The second-order valence-corrected chi connectivity index (χ2v) is 3.49. The van der Waals surface area contributed by atoms with Gasteiger partial charge in [0.05, 0.1) is 5.56 Å². The number of hydrogen-bond acceptors (Lipinski definition) is 4. The standard InChI is InChI=1S/C12H10O6/c1-6(2)12(17)18-9-4-3-7(10(13)14)5-8(9)11(15)16/h3-5H,1H2,2H3,(H,13,14)(H,15,16). The summed E-state index contributed by atoms with van der Waals surface area (Å²) in [5, 5.41) is 17.7. The van der Waals surface area contributed by atoms with Crippen LogP contribution in [0.2, 0.25) is 0 Å². The lowest BCUT2D eigenvalue weighted by molar-refractivity contribution is -0.130. The molecule has 0 saturated carbocycles. The van der Waals surface area contributed by atoms with Gasteiger partial charge < -0.3 is 14.9 Å². The average Bonchev–Trinajstić information content (AvgIpc) is 2.28. The number of hydrogen-bond donors (Lipinski definition) is 2. The Morgan fingerprint density at radius 1 is 1.17 bits per heavy atom. The van der Waals surface area contributed by atoms with E-state index in [4.69, 9.17) is 14.9 Å². The molecule has 2 N–H and O–H groups in total. The van der Waals surface area contributed by atoms with Crippen molar-refractivity contribution >= 4 is 17.9 Å². The van der Waals surface area contributed by atoms with Crippen molar-refractivity contribution in [3.8, 4) is 5.75 Å². The molecule has 0 spiro atoms. The number of carbonyl (C=O) groups is 3. The zero-order valence-corrected chi connectivity index (χ0v) is 9.47. The molecule has 0 bridgehead atoms. The summed E-state index contributed by atoms with van der Waals surface area (Å²) in [5.41, 5.74) is -0.499. The minimum atomic E-state index is -1.39. The minimum absolute atomic E-state index is 0.105. The van der Waals surface area contributed by atoms with Crippen LogP contribution in [0.5, 0.6) is 5.75 Å². The third-order valence-corrected chi connectivity index (χ3v) is 2.01. The van der Waals surface area contributed by atoms with Gasteiger partial charge >= 0.3 is 17.9 Å². The van der Waals surface area contributed by atoms with Crippen molar-refractivity contribution in [2.75, 3.05) is 0 Å². The Balaban J connectivity index is 3.20. The summed E-state index contributed by atoms with van der Waals surface area (Å²) in [6.45, 7) is 4.77. The monoisotopic (exact) mass is 250 g/mol. The molecule has 0 radical (unpaired) electrons. The van der Waals surface area contributed by atoms with Gasteiger partial charge in [0.25, 0.3) is 0 Å². The van der Waals surface area contributed by atoms with E-state index in [0.29, 0.717) is 0 Å². The van der Waals surface area contributed by atoms with Gasteiger partial charge in [-0.2, -0.15) is 0 Å². The van der Waals surface area contributed by atoms with Crippen LogP contribution in [0.1, 0.15) is 27.6 Å². The number of carbonyl (C=O) groups excluding carboxylic acids is 1. The van der Waals surface area contributed by atoms with Crippen LogP contribution in [0.4, 0.5) is 0 Å². The maximum absolute atomic E-state index is 11.3. The number of benzene rings is 1. The highest BCUT2D eigenvalue weighted by molar-refractivity contribution is 5.97. The number of aromatic carboxylic acids is 2. The largest absolute Gasteiger partial charge is 0.478 e. The number of ether oxygens (including phenoxy) is 1. The van der Waals surface area contributed by atoms with Crippen LogP contribution in [0.3, 0.4) is 0 Å². The molecule has 6 nitrogen and oxygen atoms in total. The van der Waals surface area contributed by atoms with Gasteiger partial charge in [0.15, 0.2) is 0 Å². The Morgan fingerprint density at radius 2 is 1.78 bits per heavy atom. The van der Waals surface area contributed by atoms with E-state index in [2.05, 4.69) is 6.58 Å². The molecule has 0 atom stereocenters. The molecule has 18 heavy (non-hydrogen) atoms. The summed E-state index contributed by atoms with van der Waals surface area (Å²) < 4.78 is 4.79. The molecule has 1 aromatic carbocycles. The highest BCUT2D eigenvalue weighted by Crippen LogP contribution is 2.21. The molecule has 1 rings (SSSR count). The SMILES string of the molecule is C=C(C)C(=O)Oc1ccc(C(=O)O)cc1C(=O)O. The van der Waals surface area contributed by atoms with Crippen molar-refractivity contribution in [2.24, 2.45) is 0 Å². The van der Waals surface area contributed by atoms with Crippen molar-refractivity contribution in [1.82, 2.24) is 0 Å². The van der Waals surface area contributed by atoms with Gasteiger partial charge in [0.1, 0.15) is 11.3 Å². The number of carboxylic acid groups (broad SMARTS) is 2. The predicted molar refractivity (Wildman–Crippen MR) is 60.8 cm³/mol. The molecule has 94 valence electrons. The second kappa shape index (κ2) is 5.13. The van der Waals surface area contributed by atoms with Gasteiger partial charge in [-0.3, -0.25) is 0 Å². The Bertz CT molecular complexity index is 543. The lowest BCUT2D eigenvalue weighted by atomic mass is 10.1. The topological polar surface area (TPSA) is 101 Å². The van der Waals surface area contributed by atoms with Gasteiger partial charge in [0.2, 0.25) is 0 Å². The molecule has 6 heteroatoms. The Morgan fingerprint density at radius 3 is 2.22 bits per heavy atom. The van der Waals surface area contributed by atoms with Crippen LogP contribution in [-0.4, -0.2) is 28.1 Å². The minimum Gasteiger partial charge on any atom is -0.478 e. The molecule has 0 heterocycles. The highest BCUT2D eigenvalue weighted by atomic mass is 16.5. The van der Waals surface area contributed by atoms with Crippen molar-refractivity contribution < 1.29 is 29.3 Å². The number of rotatable bonds is 4. The van der Waals surface area contributed by atoms with Crippen LogP contribution in [-0.2, 0) is 4.79 Å². The fraction of sp³-hybridized carbons (Fsp3) is 0.0833. The van der Waals surface area contributed by atoms with E-state index in [1.807, 2.05) is 0 Å². The van der Waals surface area contributed by atoms with Gasteiger partial charge in [0, 0.05) is 5.57 Å². The Kier molecular flexibility index (Phi) is 3.83. The average molecular weight is 250 g/mol.